The van der Waals surface area contributed by atoms with Crippen LogP contribution in [0.5, 0.6) is 11.5 Å². The number of methoxy groups -OCH3 is 1. The third-order valence-corrected chi connectivity index (χ3v) is 2.58. The summed E-state index contributed by atoms with van der Waals surface area (Å²) >= 11 is 0. The van der Waals surface area contributed by atoms with Crippen LogP contribution < -0.4 is 4.74 Å². The van der Waals surface area contributed by atoms with Crippen LogP contribution in [0.15, 0.2) is 18.2 Å². The third-order valence-electron chi connectivity index (χ3n) is 2.58. The highest BCUT2D eigenvalue weighted by Gasteiger charge is 2.27. The molecule has 1 aliphatic rings. The number of hydrogen-bond donors (Lipinski definition) is 2. The molecule has 0 amide bonds. The van der Waals surface area contributed by atoms with Crippen molar-refractivity contribution in [2.75, 3.05) is 7.11 Å². The second-order valence-electron chi connectivity index (χ2n) is 3.58. The van der Waals surface area contributed by atoms with Gasteiger partial charge in [0, 0.05) is 12.0 Å². The van der Waals surface area contributed by atoms with Crippen LogP contribution in [0.25, 0.3) is 0 Å². The molecular weight excluding hydrogens is 196 g/mol. The fourth-order valence-electron chi connectivity index (χ4n) is 1.77. The molecule has 4 nitrogen and oxygen atoms in total. The van der Waals surface area contributed by atoms with Crippen molar-refractivity contribution in [3.8, 4) is 11.5 Å². The minimum atomic E-state index is -0.722. The summed E-state index contributed by atoms with van der Waals surface area (Å²) in [6, 6.07) is 4.99. The lowest BCUT2D eigenvalue weighted by Gasteiger charge is -2.13. The highest BCUT2D eigenvalue weighted by atomic mass is 16.6. The molecule has 15 heavy (non-hydrogen) atoms. The summed E-state index contributed by atoms with van der Waals surface area (Å²) in [7, 11) is 1.57. The Hall–Kier alpha value is -1.26. The first-order valence-corrected chi connectivity index (χ1v) is 4.91. The van der Waals surface area contributed by atoms with E-state index in [9.17, 15) is 10.2 Å². The van der Waals surface area contributed by atoms with Crippen LogP contribution in [0.2, 0.25) is 0 Å². The van der Waals surface area contributed by atoms with Crippen molar-refractivity contribution in [2.45, 2.75) is 25.2 Å². The summed E-state index contributed by atoms with van der Waals surface area (Å²) in [5.74, 6) is 0.850. The van der Waals surface area contributed by atoms with Crippen LogP contribution in [0.1, 0.15) is 24.5 Å². The van der Waals surface area contributed by atoms with Gasteiger partial charge in [0.05, 0.1) is 13.2 Å². The summed E-state index contributed by atoms with van der Waals surface area (Å²) in [6.07, 6.45) is 0.346. The van der Waals surface area contributed by atoms with Crippen molar-refractivity contribution in [2.24, 2.45) is 0 Å². The van der Waals surface area contributed by atoms with Crippen LogP contribution in [-0.4, -0.2) is 23.6 Å². The number of benzene rings is 1. The van der Waals surface area contributed by atoms with Crippen LogP contribution >= 0.6 is 0 Å². The van der Waals surface area contributed by atoms with Gasteiger partial charge in [-0.2, -0.15) is 0 Å². The van der Waals surface area contributed by atoms with Gasteiger partial charge in [-0.1, -0.05) is 0 Å². The molecule has 0 aliphatic carbocycles. The van der Waals surface area contributed by atoms with E-state index in [1.54, 1.807) is 25.3 Å². The zero-order valence-electron chi connectivity index (χ0n) is 8.51. The van der Waals surface area contributed by atoms with Crippen LogP contribution in [0.3, 0.4) is 0 Å². The highest BCUT2D eigenvalue weighted by molar-refractivity contribution is 5.41. The fraction of sp³-hybridized carbons (Fsp3) is 0.455. The van der Waals surface area contributed by atoms with E-state index in [0.29, 0.717) is 24.2 Å². The lowest BCUT2D eigenvalue weighted by atomic mass is 10.1. The molecule has 1 fully saturated rings. The van der Waals surface area contributed by atoms with Crippen LogP contribution in [-0.2, 0) is 4.74 Å². The number of phenols is 1. The van der Waals surface area contributed by atoms with E-state index in [-0.39, 0.29) is 11.9 Å². The molecule has 0 aromatic heterocycles. The zero-order chi connectivity index (χ0) is 10.8. The second kappa shape index (κ2) is 4.08. The molecule has 0 saturated carbocycles. The van der Waals surface area contributed by atoms with E-state index in [4.69, 9.17) is 9.47 Å². The smallest absolute Gasteiger partial charge is 0.155 e. The maximum atomic E-state index is 9.66. The van der Waals surface area contributed by atoms with Crippen LogP contribution in [0.4, 0.5) is 0 Å². The first-order chi connectivity index (χ1) is 7.20. The zero-order valence-corrected chi connectivity index (χ0v) is 8.51. The molecule has 0 radical (unpaired) electrons. The molecule has 1 aromatic carbocycles. The normalized spacial score (nSPS) is 25.5. The standard InChI is InChI=1S/C11H14O4/c1-14-7-2-3-9(12)8(6-7)10-4-5-11(13)15-10/h2-3,6,10-13H,4-5H2,1H3/t10-,11-/m0/s1. The van der Waals surface area contributed by atoms with E-state index in [0.717, 1.165) is 0 Å². The SMILES string of the molecule is COc1ccc(O)c([C@@H]2CC[C@@H](O)O2)c1. The molecule has 1 aromatic rings. The van der Waals surface area contributed by atoms with E-state index < -0.39 is 6.29 Å². The molecule has 82 valence electrons. The van der Waals surface area contributed by atoms with Gasteiger partial charge in [-0.25, -0.2) is 0 Å². The average molecular weight is 210 g/mol. The number of ether oxygens (including phenoxy) is 2. The van der Waals surface area contributed by atoms with Gasteiger partial charge in [-0.3, -0.25) is 0 Å². The number of phenolic OH excluding ortho intramolecular Hbond substituents is 1. The van der Waals surface area contributed by atoms with E-state index in [1.807, 2.05) is 0 Å². The lowest BCUT2D eigenvalue weighted by molar-refractivity contribution is -0.0917. The third kappa shape index (κ3) is 2.06. The van der Waals surface area contributed by atoms with Crippen molar-refractivity contribution < 1.29 is 19.7 Å². The lowest BCUT2D eigenvalue weighted by Crippen LogP contribution is -2.04. The fourth-order valence-corrected chi connectivity index (χ4v) is 1.77. The minimum Gasteiger partial charge on any atom is -0.508 e. The second-order valence-corrected chi connectivity index (χ2v) is 3.58. The topological polar surface area (TPSA) is 58.9 Å². The van der Waals surface area contributed by atoms with E-state index in [1.165, 1.54) is 0 Å². The Bertz CT molecular complexity index is 350. The minimum absolute atomic E-state index is 0.176. The number of rotatable bonds is 2. The van der Waals surface area contributed by atoms with Crippen molar-refractivity contribution in [3.63, 3.8) is 0 Å². The van der Waals surface area contributed by atoms with Gasteiger partial charge in [-0.05, 0) is 24.6 Å². The number of hydrogen-bond acceptors (Lipinski definition) is 4. The number of aromatic hydroxyl groups is 1. The van der Waals surface area contributed by atoms with Crippen molar-refractivity contribution in [1.29, 1.82) is 0 Å². The summed E-state index contributed by atoms with van der Waals surface area (Å²) in [5, 5.41) is 18.9. The Kier molecular flexibility index (Phi) is 2.79. The Morgan fingerprint density at radius 1 is 1.40 bits per heavy atom. The molecule has 0 bridgehead atoms. The average Bonchev–Trinajstić information content (AvgIpc) is 2.65. The Morgan fingerprint density at radius 3 is 2.80 bits per heavy atom. The predicted molar refractivity (Wildman–Crippen MR) is 53.7 cm³/mol. The summed E-state index contributed by atoms with van der Waals surface area (Å²) in [6.45, 7) is 0. The van der Waals surface area contributed by atoms with Gasteiger partial charge >= 0.3 is 0 Å². The summed E-state index contributed by atoms with van der Waals surface area (Å²) in [4.78, 5) is 0. The van der Waals surface area contributed by atoms with Gasteiger partial charge in [0.2, 0.25) is 0 Å². The molecular formula is C11H14O4. The molecule has 0 unspecified atom stereocenters. The van der Waals surface area contributed by atoms with Crippen LogP contribution in [0, 0.1) is 0 Å². The number of aliphatic hydroxyl groups excluding tert-OH is 1. The van der Waals surface area contributed by atoms with Crippen molar-refractivity contribution >= 4 is 0 Å². The summed E-state index contributed by atoms with van der Waals surface area (Å²) in [5.41, 5.74) is 0.672. The van der Waals surface area contributed by atoms with Gasteiger partial charge in [0.25, 0.3) is 0 Å². The Balaban J connectivity index is 2.26. The monoisotopic (exact) mass is 210 g/mol. The molecule has 1 heterocycles. The quantitative estimate of drug-likeness (QED) is 0.777. The van der Waals surface area contributed by atoms with Crippen molar-refractivity contribution in [3.05, 3.63) is 23.8 Å². The van der Waals surface area contributed by atoms with Crippen molar-refractivity contribution in [1.82, 2.24) is 0 Å². The first-order valence-electron chi connectivity index (χ1n) is 4.91. The Labute approximate surface area is 88.1 Å². The molecule has 2 N–H and O–H groups in total. The van der Waals surface area contributed by atoms with Gasteiger partial charge in [0.1, 0.15) is 11.5 Å². The highest BCUT2D eigenvalue weighted by Crippen LogP contribution is 2.37. The van der Waals surface area contributed by atoms with Gasteiger partial charge in [-0.15, -0.1) is 0 Å². The first kappa shape index (κ1) is 10.3. The molecule has 1 aliphatic heterocycles. The molecule has 2 rings (SSSR count). The largest absolute Gasteiger partial charge is 0.508 e. The maximum Gasteiger partial charge on any atom is 0.155 e. The van der Waals surface area contributed by atoms with E-state index in [2.05, 4.69) is 0 Å². The number of aliphatic hydroxyl groups is 1. The molecule has 2 atom stereocenters. The summed E-state index contributed by atoms with van der Waals surface area (Å²) < 4.78 is 10.3. The molecule has 4 heteroatoms. The predicted octanol–water partition coefficient (Wildman–Crippen LogP) is 1.57. The molecule has 0 spiro atoms. The maximum absolute atomic E-state index is 9.66. The van der Waals surface area contributed by atoms with E-state index >= 15 is 0 Å². The van der Waals surface area contributed by atoms with Gasteiger partial charge in [0.15, 0.2) is 6.29 Å². The molecule has 1 saturated heterocycles. The Morgan fingerprint density at radius 2 is 2.20 bits per heavy atom. The van der Waals surface area contributed by atoms with Gasteiger partial charge < -0.3 is 19.7 Å².